The first-order valence-electron chi connectivity index (χ1n) is 10.3. The number of nitrogens with zero attached hydrogens (tertiary/aromatic N) is 4. The number of nitrogens with one attached hydrogen (secondary N) is 1. The van der Waals surface area contributed by atoms with Gasteiger partial charge in [-0.3, -0.25) is 9.48 Å². The molecule has 1 N–H and O–H groups in total. The summed E-state index contributed by atoms with van der Waals surface area (Å²) in [6.07, 6.45) is 7.27. The largest absolute Gasteiger partial charge is 0.385 e. The van der Waals surface area contributed by atoms with Gasteiger partial charge < -0.3 is 10.2 Å². The molecule has 1 saturated heterocycles. The minimum atomic E-state index is -3.61. The van der Waals surface area contributed by atoms with Crippen molar-refractivity contribution in [2.75, 3.05) is 25.0 Å². The highest BCUT2D eigenvalue weighted by molar-refractivity contribution is 7.89. The van der Waals surface area contributed by atoms with Gasteiger partial charge in [0.15, 0.2) is 6.61 Å². The smallest absolute Gasteiger partial charge is 0.265 e. The molecule has 0 atom stereocenters. The number of carbonyl (C=O) groups excluding carboxylic acids is 1. The van der Waals surface area contributed by atoms with Crippen molar-refractivity contribution < 1.29 is 18.0 Å². The van der Waals surface area contributed by atoms with Crippen molar-refractivity contribution in [1.29, 1.82) is 0 Å². The van der Waals surface area contributed by atoms with Crippen molar-refractivity contribution in [1.82, 2.24) is 14.1 Å². The first-order chi connectivity index (χ1) is 14.8. The van der Waals surface area contributed by atoms with E-state index in [2.05, 4.69) is 15.6 Å². The van der Waals surface area contributed by atoms with Gasteiger partial charge in [0.2, 0.25) is 10.0 Å². The lowest BCUT2D eigenvalue weighted by atomic mass is 10.2. The summed E-state index contributed by atoms with van der Waals surface area (Å²) in [6.45, 7) is 4.28. The summed E-state index contributed by atoms with van der Waals surface area (Å²) >= 11 is 0. The fraction of sp³-hybridized carbons (Fsp3) is 0.476. The minimum Gasteiger partial charge on any atom is -0.385 e. The van der Waals surface area contributed by atoms with Crippen LogP contribution in [-0.2, 0) is 26.7 Å². The molecular formula is C21H29N5O4S. The van der Waals surface area contributed by atoms with Crippen LogP contribution >= 0.6 is 0 Å². The first kappa shape index (κ1) is 23.0. The van der Waals surface area contributed by atoms with E-state index in [1.165, 1.54) is 6.07 Å². The van der Waals surface area contributed by atoms with E-state index in [0.717, 1.165) is 31.2 Å². The Bertz CT molecular complexity index is 1050. The van der Waals surface area contributed by atoms with Crippen LogP contribution in [0.15, 0.2) is 40.6 Å². The molecule has 1 aliphatic rings. The van der Waals surface area contributed by atoms with E-state index in [4.69, 9.17) is 4.84 Å². The van der Waals surface area contributed by atoms with Gasteiger partial charge in [-0.2, -0.15) is 9.40 Å². The van der Waals surface area contributed by atoms with Crippen LogP contribution in [0.4, 0.5) is 5.69 Å². The Morgan fingerprint density at radius 1 is 1.23 bits per heavy atom. The van der Waals surface area contributed by atoms with Gasteiger partial charge >= 0.3 is 0 Å². The van der Waals surface area contributed by atoms with Crippen molar-refractivity contribution in [2.45, 2.75) is 44.4 Å². The normalized spacial score (nSPS) is 16.0. The SMILES string of the molecule is C/C(=N/OCC(=O)Nc1ccc(C)c(S(=O)(=O)N2CCCCCC2)c1)c1cnn(C)c1. The second-order valence-corrected chi connectivity index (χ2v) is 9.61. The summed E-state index contributed by atoms with van der Waals surface area (Å²) in [4.78, 5) is 17.6. The van der Waals surface area contributed by atoms with Crippen LogP contribution in [-0.4, -0.2) is 53.8 Å². The van der Waals surface area contributed by atoms with Crippen LogP contribution in [0, 0.1) is 6.92 Å². The maximum Gasteiger partial charge on any atom is 0.265 e. The van der Waals surface area contributed by atoms with Gasteiger partial charge in [-0.05, 0) is 44.4 Å². The number of oxime groups is 1. The molecule has 1 fully saturated rings. The van der Waals surface area contributed by atoms with Crippen LogP contribution < -0.4 is 5.32 Å². The van der Waals surface area contributed by atoms with Crippen LogP contribution in [0.3, 0.4) is 0 Å². The minimum absolute atomic E-state index is 0.221. The summed E-state index contributed by atoms with van der Waals surface area (Å²) < 4.78 is 29.5. The standard InChI is InChI=1S/C21H29N5O4S/c1-16-8-9-19(12-20(16)31(28,29)26-10-6-4-5-7-11-26)23-21(27)15-30-24-17(2)18-13-22-25(3)14-18/h8-9,12-14H,4-7,10-11,15H2,1-3H3,(H,23,27)/b24-17-. The Kier molecular flexibility index (Phi) is 7.45. The van der Waals surface area contributed by atoms with E-state index in [9.17, 15) is 13.2 Å². The van der Waals surface area contributed by atoms with Crippen molar-refractivity contribution in [3.63, 3.8) is 0 Å². The number of amides is 1. The molecule has 0 aliphatic carbocycles. The summed E-state index contributed by atoms with van der Waals surface area (Å²) in [7, 11) is -1.81. The Morgan fingerprint density at radius 3 is 2.58 bits per heavy atom. The molecule has 10 heteroatoms. The quantitative estimate of drug-likeness (QED) is 0.519. The molecule has 0 radical (unpaired) electrons. The molecule has 2 heterocycles. The lowest BCUT2D eigenvalue weighted by Crippen LogP contribution is -2.32. The summed E-state index contributed by atoms with van der Waals surface area (Å²) in [5.41, 5.74) is 2.45. The summed E-state index contributed by atoms with van der Waals surface area (Å²) in [5.74, 6) is -0.426. The van der Waals surface area contributed by atoms with Crippen LogP contribution in [0.2, 0.25) is 0 Å². The topological polar surface area (TPSA) is 106 Å². The van der Waals surface area contributed by atoms with E-state index in [1.54, 1.807) is 54.4 Å². The van der Waals surface area contributed by atoms with Crippen LogP contribution in [0.5, 0.6) is 0 Å². The fourth-order valence-electron chi connectivity index (χ4n) is 3.42. The predicted molar refractivity (Wildman–Crippen MR) is 118 cm³/mol. The van der Waals surface area contributed by atoms with Gasteiger partial charge in [-0.25, -0.2) is 8.42 Å². The highest BCUT2D eigenvalue weighted by Gasteiger charge is 2.27. The van der Waals surface area contributed by atoms with Crippen molar-refractivity contribution in [3.05, 3.63) is 41.7 Å². The van der Waals surface area contributed by atoms with Gasteiger partial charge in [0.25, 0.3) is 5.91 Å². The van der Waals surface area contributed by atoms with Gasteiger partial charge in [-0.1, -0.05) is 24.1 Å². The third-order valence-electron chi connectivity index (χ3n) is 5.17. The number of sulfonamides is 1. The zero-order chi connectivity index (χ0) is 22.4. The third-order valence-corrected chi connectivity index (χ3v) is 7.22. The number of rotatable bonds is 7. The van der Waals surface area contributed by atoms with Gasteiger partial charge in [-0.15, -0.1) is 0 Å². The third kappa shape index (κ3) is 5.92. The number of hydrogen-bond donors (Lipinski definition) is 1. The molecule has 2 aromatic rings. The number of hydrogen-bond acceptors (Lipinski definition) is 6. The molecule has 1 amide bonds. The number of benzene rings is 1. The highest BCUT2D eigenvalue weighted by Crippen LogP contribution is 2.25. The molecule has 168 valence electrons. The number of aromatic nitrogens is 2. The lowest BCUT2D eigenvalue weighted by molar-refractivity contribution is -0.120. The zero-order valence-corrected chi connectivity index (χ0v) is 19.0. The summed E-state index contributed by atoms with van der Waals surface area (Å²) in [5, 5.41) is 10.7. The predicted octanol–water partition coefficient (Wildman–Crippen LogP) is 2.67. The number of carbonyl (C=O) groups is 1. The Morgan fingerprint density at radius 2 is 1.94 bits per heavy atom. The van der Waals surface area contributed by atoms with Gasteiger partial charge in [0.05, 0.1) is 16.8 Å². The summed E-state index contributed by atoms with van der Waals surface area (Å²) in [6, 6.07) is 4.89. The highest BCUT2D eigenvalue weighted by atomic mass is 32.2. The molecule has 1 aliphatic heterocycles. The molecule has 0 spiro atoms. The van der Waals surface area contributed by atoms with E-state index < -0.39 is 15.9 Å². The van der Waals surface area contributed by atoms with E-state index in [-0.39, 0.29) is 11.5 Å². The average Bonchev–Trinajstić information content (AvgIpc) is 2.98. The molecule has 1 aromatic carbocycles. The van der Waals surface area contributed by atoms with E-state index in [0.29, 0.717) is 30.1 Å². The average molecular weight is 448 g/mol. The van der Waals surface area contributed by atoms with Crippen LogP contribution in [0.1, 0.15) is 43.7 Å². The van der Waals surface area contributed by atoms with Crippen molar-refractivity contribution in [3.8, 4) is 0 Å². The Hall–Kier alpha value is -2.72. The lowest BCUT2D eigenvalue weighted by Gasteiger charge is -2.21. The number of aryl methyl sites for hydroxylation is 2. The monoisotopic (exact) mass is 447 g/mol. The van der Waals surface area contributed by atoms with Gasteiger partial charge in [0.1, 0.15) is 0 Å². The van der Waals surface area contributed by atoms with Crippen molar-refractivity contribution in [2.24, 2.45) is 12.2 Å². The molecule has 0 saturated carbocycles. The second kappa shape index (κ2) is 10.1. The maximum absolute atomic E-state index is 13.1. The molecule has 9 nitrogen and oxygen atoms in total. The molecular weight excluding hydrogens is 418 g/mol. The molecule has 0 bridgehead atoms. The first-order valence-corrected chi connectivity index (χ1v) is 11.8. The van der Waals surface area contributed by atoms with Crippen molar-refractivity contribution >= 4 is 27.3 Å². The fourth-order valence-corrected chi connectivity index (χ4v) is 5.19. The zero-order valence-electron chi connectivity index (χ0n) is 18.2. The van der Waals surface area contributed by atoms with Crippen LogP contribution in [0.25, 0.3) is 0 Å². The Balaban J connectivity index is 1.65. The second-order valence-electron chi connectivity index (χ2n) is 7.70. The van der Waals surface area contributed by atoms with E-state index in [1.807, 2.05) is 0 Å². The Labute approximate surface area is 183 Å². The number of anilines is 1. The molecule has 31 heavy (non-hydrogen) atoms. The molecule has 3 rings (SSSR count). The molecule has 1 aromatic heterocycles. The van der Waals surface area contributed by atoms with Gasteiger partial charge in [0, 0.05) is 37.6 Å². The maximum atomic E-state index is 13.1. The molecule has 0 unspecified atom stereocenters. The van der Waals surface area contributed by atoms with E-state index >= 15 is 0 Å².